The smallest absolute Gasteiger partial charge is 0.227 e. The third kappa shape index (κ3) is 3.89. The van der Waals surface area contributed by atoms with E-state index >= 15 is 0 Å². The van der Waals surface area contributed by atoms with Crippen molar-refractivity contribution in [2.24, 2.45) is 0 Å². The zero-order chi connectivity index (χ0) is 16.2. The van der Waals surface area contributed by atoms with Crippen LogP contribution < -0.4 is 0 Å². The highest BCUT2D eigenvalue weighted by atomic mass is 35.5. The molecule has 3 rings (SSSR count). The Morgan fingerprint density at radius 3 is 2.87 bits per heavy atom. The van der Waals surface area contributed by atoms with E-state index in [2.05, 4.69) is 4.98 Å². The second-order valence-corrected chi connectivity index (χ2v) is 6.24. The van der Waals surface area contributed by atoms with Crippen molar-refractivity contribution in [3.05, 3.63) is 64.9 Å². The molecule has 2 aromatic rings. The fourth-order valence-corrected chi connectivity index (χ4v) is 2.99. The monoisotopic (exact) mass is 330 g/mol. The second kappa shape index (κ2) is 7.11. The number of aromatic nitrogens is 1. The molecule has 23 heavy (non-hydrogen) atoms. The average molecular weight is 331 g/mol. The molecule has 5 heteroatoms. The Hall–Kier alpha value is -1.91. The molecule has 1 fully saturated rings. The van der Waals surface area contributed by atoms with Crippen LogP contribution in [0.15, 0.2) is 48.8 Å². The van der Waals surface area contributed by atoms with Gasteiger partial charge in [-0.25, -0.2) is 0 Å². The first kappa shape index (κ1) is 16.0. The summed E-state index contributed by atoms with van der Waals surface area (Å²) in [6.07, 6.45) is 3.67. The van der Waals surface area contributed by atoms with Gasteiger partial charge in [0, 0.05) is 17.4 Å². The molecule has 0 spiro atoms. The number of halogens is 1. The molecular formula is C18H19ClN2O2. The number of morpholine rings is 1. The quantitative estimate of drug-likeness (QED) is 0.867. The van der Waals surface area contributed by atoms with Crippen molar-refractivity contribution in [3.63, 3.8) is 0 Å². The Bertz CT molecular complexity index is 678. The molecule has 2 heterocycles. The lowest BCUT2D eigenvalue weighted by Gasteiger charge is -2.38. The number of carbonyl (C=O) groups excluding carboxylic acids is 1. The van der Waals surface area contributed by atoms with Crippen molar-refractivity contribution in [2.45, 2.75) is 25.5 Å². The Morgan fingerprint density at radius 2 is 2.13 bits per heavy atom. The Balaban J connectivity index is 1.72. The van der Waals surface area contributed by atoms with Crippen LogP contribution in [-0.2, 0) is 16.0 Å². The first-order valence-electron chi connectivity index (χ1n) is 7.69. The molecule has 0 saturated carbocycles. The van der Waals surface area contributed by atoms with Gasteiger partial charge in [0.1, 0.15) is 6.10 Å². The van der Waals surface area contributed by atoms with Crippen LogP contribution in [0, 0.1) is 0 Å². The van der Waals surface area contributed by atoms with Gasteiger partial charge >= 0.3 is 0 Å². The molecule has 1 amide bonds. The number of ether oxygens (including phenoxy) is 1. The molecular weight excluding hydrogens is 312 g/mol. The fraction of sp³-hybridized carbons (Fsp3) is 0.333. The predicted octanol–water partition coefficient (Wildman–Crippen LogP) is 3.27. The minimum atomic E-state index is -0.133. The van der Waals surface area contributed by atoms with E-state index in [1.54, 1.807) is 12.4 Å². The van der Waals surface area contributed by atoms with Gasteiger partial charge < -0.3 is 9.64 Å². The number of hydrogen-bond donors (Lipinski definition) is 0. The van der Waals surface area contributed by atoms with E-state index in [-0.39, 0.29) is 18.1 Å². The first-order valence-corrected chi connectivity index (χ1v) is 8.06. The summed E-state index contributed by atoms with van der Waals surface area (Å²) in [5, 5.41) is 0.680. The SMILES string of the molecule is C[C@@H]1CO[C@H](c2cccc(Cl)c2)CN1C(=O)Cc1ccncc1. The van der Waals surface area contributed by atoms with Gasteiger partial charge in [0.25, 0.3) is 0 Å². The van der Waals surface area contributed by atoms with Crippen LogP contribution in [0.5, 0.6) is 0 Å². The van der Waals surface area contributed by atoms with E-state index in [4.69, 9.17) is 16.3 Å². The van der Waals surface area contributed by atoms with Crippen LogP contribution >= 0.6 is 11.6 Å². The molecule has 120 valence electrons. The molecule has 1 aromatic heterocycles. The number of pyridine rings is 1. The van der Waals surface area contributed by atoms with Gasteiger partial charge in [0.2, 0.25) is 5.91 Å². The molecule has 1 aliphatic heterocycles. The molecule has 2 atom stereocenters. The van der Waals surface area contributed by atoms with Gasteiger partial charge in [0.05, 0.1) is 25.6 Å². The van der Waals surface area contributed by atoms with Crippen LogP contribution in [0.25, 0.3) is 0 Å². The van der Waals surface area contributed by atoms with Crippen LogP contribution in [0.3, 0.4) is 0 Å². The minimum absolute atomic E-state index is 0.0692. The number of amides is 1. The number of rotatable bonds is 3. The van der Waals surface area contributed by atoms with Gasteiger partial charge in [-0.15, -0.1) is 0 Å². The molecule has 0 unspecified atom stereocenters. The summed E-state index contributed by atoms with van der Waals surface area (Å²) in [4.78, 5) is 18.5. The van der Waals surface area contributed by atoms with E-state index in [0.717, 1.165) is 11.1 Å². The highest BCUT2D eigenvalue weighted by molar-refractivity contribution is 6.30. The van der Waals surface area contributed by atoms with E-state index in [1.165, 1.54) is 0 Å². The summed E-state index contributed by atoms with van der Waals surface area (Å²) in [7, 11) is 0. The lowest BCUT2D eigenvalue weighted by atomic mass is 10.0. The molecule has 4 nitrogen and oxygen atoms in total. The maximum absolute atomic E-state index is 12.6. The first-order chi connectivity index (χ1) is 11.1. The summed E-state index contributed by atoms with van der Waals surface area (Å²) in [5.74, 6) is 0.110. The van der Waals surface area contributed by atoms with Crippen molar-refractivity contribution in [1.29, 1.82) is 0 Å². The third-order valence-electron chi connectivity index (χ3n) is 4.08. The van der Waals surface area contributed by atoms with Crippen molar-refractivity contribution in [1.82, 2.24) is 9.88 Å². The molecule has 1 aromatic carbocycles. The molecule has 0 radical (unpaired) electrons. The van der Waals surface area contributed by atoms with Gasteiger partial charge in [-0.3, -0.25) is 9.78 Å². The average Bonchev–Trinajstić information content (AvgIpc) is 2.56. The molecule has 1 aliphatic rings. The van der Waals surface area contributed by atoms with Crippen LogP contribution in [0.1, 0.15) is 24.2 Å². The zero-order valence-electron chi connectivity index (χ0n) is 13.0. The van der Waals surface area contributed by atoms with E-state index in [0.29, 0.717) is 24.6 Å². The van der Waals surface area contributed by atoms with Crippen molar-refractivity contribution in [2.75, 3.05) is 13.2 Å². The number of nitrogens with zero attached hydrogens (tertiary/aromatic N) is 2. The standard InChI is InChI=1S/C18H19ClN2O2/c1-13-12-23-17(15-3-2-4-16(19)10-15)11-21(13)18(22)9-14-5-7-20-8-6-14/h2-8,10,13,17H,9,11-12H2,1H3/t13-,17+/m1/s1. The Morgan fingerprint density at radius 1 is 1.35 bits per heavy atom. The van der Waals surface area contributed by atoms with Gasteiger partial charge in [-0.2, -0.15) is 0 Å². The maximum atomic E-state index is 12.6. The van der Waals surface area contributed by atoms with Crippen LogP contribution in [0.4, 0.5) is 0 Å². The molecule has 0 bridgehead atoms. The lowest BCUT2D eigenvalue weighted by molar-refractivity contribution is -0.143. The lowest BCUT2D eigenvalue weighted by Crippen LogP contribution is -2.48. The third-order valence-corrected chi connectivity index (χ3v) is 4.31. The highest BCUT2D eigenvalue weighted by Crippen LogP contribution is 2.27. The van der Waals surface area contributed by atoms with Crippen molar-refractivity contribution < 1.29 is 9.53 Å². The maximum Gasteiger partial charge on any atom is 0.227 e. The summed E-state index contributed by atoms with van der Waals surface area (Å²) in [6, 6.07) is 11.4. The minimum Gasteiger partial charge on any atom is -0.370 e. The number of hydrogen-bond acceptors (Lipinski definition) is 3. The van der Waals surface area contributed by atoms with Crippen molar-refractivity contribution >= 4 is 17.5 Å². The van der Waals surface area contributed by atoms with Gasteiger partial charge in [-0.05, 0) is 42.3 Å². The number of benzene rings is 1. The zero-order valence-corrected chi connectivity index (χ0v) is 13.7. The van der Waals surface area contributed by atoms with Crippen molar-refractivity contribution in [3.8, 4) is 0 Å². The van der Waals surface area contributed by atoms with Crippen LogP contribution in [-0.4, -0.2) is 35.0 Å². The highest BCUT2D eigenvalue weighted by Gasteiger charge is 2.30. The fourth-order valence-electron chi connectivity index (χ4n) is 2.79. The topological polar surface area (TPSA) is 42.4 Å². The van der Waals surface area contributed by atoms with E-state index in [1.807, 2.05) is 48.2 Å². The molecule has 1 saturated heterocycles. The van der Waals surface area contributed by atoms with Gasteiger partial charge in [-0.1, -0.05) is 23.7 Å². The molecule has 0 N–H and O–H groups in total. The predicted molar refractivity (Wildman–Crippen MR) is 89.3 cm³/mol. The van der Waals surface area contributed by atoms with Gasteiger partial charge in [0.15, 0.2) is 0 Å². The Labute approximate surface area is 141 Å². The second-order valence-electron chi connectivity index (χ2n) is 5.80. The largest absolute Gasteiger partial charge is 0.370 e. The summed E-state index contributed by atoms with van der Waals surface area (Å²) >= 11 is 6.06. The summed E-state index contributed by atoms with van der Waals surface area (Å²) in [6.45, 7) is 3.09. The molecule has 0 aliphatic carbocycles. The summed E-state index contributed by atoms with van der Waals surface area (Å²) < 4.78 is 5.90. The number of carbonyl (C=O) groups is 1. The normalized spacial score (nSPS) is 21.2. The van der Waals surface area contributed by atoms with Crippen LogP contribution in [0.2, 0.25) is 5.02 Å². The van der Waals surface area contributed by atoms with E-state index < -0.39 is 0 Å². The Kier molecular flexibility index (Phi) is 4.94. The van der Waals surface area contributed by atoms with E-state index in [9.17, 15) is 4.79 Å². The summed E-state index contributed by atoms with van der Waals surface area (Å²) in [5.41, 5.74) is 1.98.